The Morgan fingerprint density at radius 3 is 2.17 bits per heavy atom. The van der Waals surface area contributed by atoms with Gasteiger partial charge >= 0.3 is 5.69 Å². The van der Waals surface area contributed by atoms with Crippen LogP contribution in [0.25, 0.3) is 10.9 Å². The summed E-state index contributed by atoms with van der Waals surface area (Å²) in [4.78, 5) is 88.1. The molecule has 1 fully saturated rings. The van der Waals surface area contributed by atoms with Crippen molar-refractivity contribution in [3.8, 4) is 0 Å². The summed E-state index contributed by atoms with van der Waals surface area (Å²) < 4.78 is 6.93. The number of carbonyl (C=O) groups excluding carboxylic acids is 5. The second-order valence-corrected chi connectivity index (χ2v) is 19.6. The van der Waals surface area contributed by atoms with E-state index < -0.39 is 71.1 Å². The zero-order valence-corrected chi connectivity index (χ0v) is 41.0. The van der Waals surface area contributed by atoms with Crippen molar-refractivity contribution in [1.82, 2.24) is 35.8 Å². The van der Waals surface area contributed by atoms with Crippen LogP contribution < -0.4 is 32.3 Å². The smallest absolute Gasteiger partial charge is 0.351 e. The van der Waals surface area contributed by atoms with Crippen molar-refractivity contribution < 1.29 is 38.9 Å². The van der Waals surface area contributed by atoms with Crippen LogP contribution in [0.2, 0.25) is 0 Å². The van der Waals surface area contributed by atoms with Gasteiger partial charge in [-0.3, -0.25) is 28.5 Å². The predicted octanol–water partition coefficient (Wildman–Crippen LogP) is 5.05. The maximum absolute atomic E-state index is 14.3. The fraction of sp³-hybridized carbons (Fsp3) is 0.442. The van der Waals surface area contributed by atoms with E-state index in [2.05, 4.69) is 36.6 Å². The molecule has 1 aliphatic rings. The van der Waals surface area contributed by atoms with Gasteiger partial charge in [0.2, 0.25) is 29.5 Å². The number of hydrogen-bond donors (Lipinski definition) is 8. The molecular weight excluding hydrogens is 913 g/mol. The number of nitrogens with one attached hydrogen (secondary N) is 6. The third kappa shape index (κ3) is 15.6. The van der Waals surface area contributed by atoms with E-state index in [9.17, 15) is 39.0 Å². The summed E-state index contributed by atoms with van der Waals surface area (Å²) in [5, 5.41) is 36.2. The fourth-order valence-electron chi connectivity index (χ4n) is 8.41. The first-order valence-electron chi connectivity index (χ1n) is 24.0. The number of fused-ring (bicyclic) bond motifs is 1. The highest BCUT2D eigenvalue weighted by Crippen LogP contribution is 2.30. The molecule has 3 aromatic carbocycles. The van der Waals surface area contributed by atoms with Gasteiger partial charge in [-0.15, -0.1) is 11.8 Å². The van der Waals surface area contributed by atoms with Crippen LogP contribution in [-0.2, 0) is 41.6 Å². The van der Waals surface area contributed by atoms with Gasteiger partial charge in [-0.2, -0.15) is 4.98 Å². The molecule has 0 bridgehead atoms. The molecule has 70 heavy (non-hydrogen) atoms. The van der Waals surface area contributed by atoms with Gasteiger partial charge in [0.05, 0.1) is 31.2 Å². The highest BCUT2D eigenvalue weighted by Gasteiger charge is 2.33. The van der Waals surface area contributed by atoms with Gasteiger partial charge < -0.3 is 46.5 Å². The second-order valence-electron chi connectivity index (χ2n) is 18.4. The van der Waals surface area contributed by atoms with Crippen molar-refractivity contribution in [3.05, 3.63) is 131 Å². The Labute approximate surface area is 412 Å². The number of aliphatic hydroxyl groups is 2. The monoisotopic (exact) mass is 978 g/mol. The molecular formula is C52H66N8O9S. The van der Waals surface area contributed by atoms with Gasteiger partial charge in [-0.1, -0.05) is 107 Å². The van der Waals surface area contributed by atoms with E-state index in [4.69, 9.17) is 4.74 Å². The zero-order valence-electron chi connectivity index (χ0n) is 40.1. The number of aromatic amines is 1. The molecule has 0 aliphatic carbocycles. The van der Waals surface area contributed by atoms with Crippen LogP contribution in [-0.4, -0.2) is 96.3 Å². The van der Waals surface area contributed by atoms with Crippen LogP contribution in [0.3, 0.4) is 0 Å². The number of unbranched alkanes of at least 4 members (excludes halogenated alkanes) is 1. The van der Waals surface area contributed by atoms with Crippen LogP contribution in [0, 0.1) is 11.8 Å². The fourth-order valence-corrected chi connectivity index (χ4v) is 9.34. The Bertz CT molecular complexity index is 2570. The summed E-state index contributed by atoms with van der Waals surface area (Å²) in [7, 11) is 0. The minimum atomic E-state index is -1.24. The van der Waals surface area contributed by atoms with E-state index in [1.807, 2.05) is 98.8 Å². The molecule has 2 aromatic heterocycles. The van der Waals surface area contributed by atoms with Crippen LogP contribution in [0.5, 0.6) is 0 Å². The van der Waals surface area contributed by atoms with E-state index in [0.29, 0.717) is 31.4 Å². The Morgan fingerprint density at radius 2 is 1.50 bits per heavy atom. The maximum Gasteiger partial charge on any atom is 0.351 e. The number of carbonyl (C=O) groups is 5. The van der Waals surface area contributed by atoms with Gasteiger partial charge in [0.25, 0.3) is 0 Å². The number of aromatic nitrogens is 3. The summed E-state index contributed by atoms with van der Waals surface area (Å²) in [6.07, 6.45) is 2.87. The van der Waals surface area contributed by atoms with E-state index in [1.165, 1.54) is 28.6 Å². The number of H-pyrrole nitrogens is 1. The first-order valence-corrected chi connectivity index (χ1v) is 25.0. The molecule has 2 unspecified atom stereocenters. The number of hydrogen-bond acceptors (Lipinski definition) is 11. The van der Waals surface area contributed by atoms with Gasteiger partial charge in [0.1, 0.15) is 29.6 Å². The van der Waals surface area contributed by atoms with Crippen LogP contribution in [0.1, 0.15) is 95.2 Å². The lowest BCUT2D eigenvalue weighted by Gasteiger charge is -2.30. The van der Waals surface area contributed by atoms with E-state index in [0.717, 1.165) is 27.6 Å². The van der Waals surface area contributed by atoms with Crippen LogP contribution in [0.15, 0.2) is 108 Å². The number of nitrogens with zero attached hydrogens (tertiary/aromatic N) is 2. The molecule has 17 nitrogen and oxygen atoms in total. The number of rotatable bonds is 25. The third-order valence-corrected chi connectivity index (χ3v) is 13.2. The number of para-hydroxylation sites is 1. The summed E-state index contributed by atoms with van der Waals surface area (Å²) in [6, 6.07) is 25.2. The van der Waals surface area contributed by atoms with E-state index in [1.54, 1.807) is 20.0 Å². The average Bonchev–Trinajstić information content (AvgIpc) is 3.99. The lowest BCUT2D eigenvalue weighted by molar-refractivity contribution is -0.133. The highest BCUT2D eigenvalue weighted by molar-refractivity contribution is 8.00. The molecule has 18 heteroatoms. The number of benzene rings is 3. The SMILES string of the molecule is CC(C)CC(NC(=O)[C@@H](NC(=O)[C@H](Cc1c[nH]c2ccccc12)NC(=O)CCCCC(=O)Nc1ccn([C@H]2CS[C@@H](CO)O2)c(=O)n1)C(C)C)[C@@H](O)CC(=O)NC(Cc1ccccc1)c1ccccc1. The largest absolute Gasteiger partial charge is 0.393 e. The van der Waals surface area contributed by atoms with Crippen LogP contribution >= 0.6 is 11.8 Å². The first-order chi connectivity index (χ1) is 33.7. The zero-order chi connectivity index (χ0) is 50.2. The standard InChI is InChI=1S/C52H66N8O9S/c1-32(2)25-40(42(62)28-46(65)54-39(35-17-9-6-10-18-35)26-34-15-7-5-8-16-34)56-51(67)49(33(3)4)59-50(66)41(27-36-29-53-38-20-12-11-19-37(36)38)55-44(63)21-13-14-22-45(64)57-43-23-24-60(52(68)58-43)47-31-70-48(30-61)69-47/h5-12,15-20,23-24,29,32-33,39-42,47-49,53,61-62H,13-14,21-22,25-28,30-31H2,1-4H3,(H,54,65)(H,55,63)(H,56,67)(H,59,66)(H,57,58,64,68)/t39?,40?,41-,42-,47+,48-,49-/m0/s1. The minimum Gasteiger partial charge on any atom is -0.393 e. The number of aliphatic hydroxyl groups excluding tert-OH is 2. The van der Waals surface area contributed by atoms with Gasteiger partial charge in [0.15, 0.2) is 0 Å². The molecule has 1 saturated heterocycles. The lowest BCUT2D eigenvalue weighted by atomic mass is 9.94. The maximum atomic E-state index is 14.3. The van der Waals surface area contributed by atoms with Crippen LogP contribution in [0.4, 0.5) is 5.82 Å². The molecule has 8 N–H and O–H groups in total. The second kappa shape index (κ2) is 26.0. The quantitative estimate of drug-likeness (QED) is 0.0360. The topological polar surface area (TPSA) is 246 Å². The molecule has 5 aromatic rings. The molecule has 1 aliphatic heterocycles. The predicted molar refractivity (Wildman–Crippen MR) is 269 cm³/mol. The van der Waals surface area contributed by atoms with Crippen molar-refractivity contribution in [2.45, 2.75) is 121 Å². The molecule has 0 spiro atoms. The minimum absolute atomic E-state index is 0.00225. The molecule has 5 amide bonds. The van der Waals surface area contributed by atoms with Gasteiger partial charge in [-0.05, 0) is 66.3 Å². The van der Waals surface area contributed by atoms with Crippen molar-refractivity contribution in [2.24, 2.45) is 11.8 Å². The number of anilines is 1. The van der Waals surface area contributed by atoms with Crippen molar-refractivity contribution in [3.63, 3.8) is 0 Å². The van der Waals surface area contributed by atoms with E-state index in [-0.39, 0.29) is 56.0 Å². The summed E-state index contributed by atoms with van der Waals surface area (Å²) in [5.41, 5.74) is 2.56. The molecule has 0 saturated carbocycles. The Morgan fingerprint density at radius 1 is 0.814 bits per heavy atom. The Hall–Kier alpha value is -6.34. The van der Waals surface area contributed by atoms with Gasteiger partial charge in [0, 0.05) is 48.3 Å². The summed E-state index contributed by atoms with van der Waals surface area (Å²) in [6.45, 7) is 7.30. The molecule has 374 valence electrons. The number of amides is 5. The van der Waals surface area contributed by atoms with Gasteiger partial charge in [-0.25, -0.2) is 4.79 Å². The summed E-state index contributed by atoms with van der Waals surface area (Å²) in [5.74, 6) is -2.14. The molecule has 6 rings (SSSR count). The van der Waals surface area contributed by atoms with E-state index >= 15 is 0 Å². The Kier molecular flexibility index (Phi) is 19.7. The summed E-state index contributed by atoms with van der Waals surface area (Å²) >= 11 is 1.39. The average molecular weight is 979 g/mol. The van der Waals surface area contributed by atoms with Crippen molar-refractivity contribution >= 4 is 58.0 Å². The Balaban J connectivity index is 1.06. The normalized spacial score (nSPS) is 16.8. The molecule has 7 atom stereocenters. The lowest BCUT2D eigenvalue weighted by Crippen LogP contribution is -2.58. The number of ether oxygens (including phenoxy) is 1. The molecule has 0 radical (unpaired) electrons. The van der Waals surface area contributed by atoms with Crippen molar-refractivity contribution in [1.29, 1.82) is 0 Å². The number of thioether (sulfide) groups is 1. The van der Waals surface area contributed by atoms with Crippen molar-refractivity contribution in [2.75, 3.05) is 17.7 Å². The highest BCUT2D eigenvalue weighted by atomic mass is 32.2. The molecule has 3 heterocycles. The first kappa shape index (κ1) is 53.0. The third-order valence-electron chi connectivity index (χ3n) is 12.1.